The van der Waals surface area contributed by atoms with E-state index in [0.717, 1.165) is 9.79 Å². The van der Waals surface area contributed by atoms with Crippen LogP contribution in [0.3, 0.4) is 0 Å². The van der Waals surface area contributed by atoms with Crippen LogP contribution in [0.15, 0.2) is 82.5 Å². The van der Waals surface area contributed by atoms with Crippen LogP contribution in [0.1, 0.15) is 0 Å². The molecule has 3 rings (SSSR count). The molecule has 0 unspecified atom stereocenters. The second kappa shape index (κ2) is 8.50. The molecule has 3 aromatic rings. The average molecular weight is 362 g/mol. The maximum absolute atomic E-state index is 12.4. The van der Waals surface area contributed by atoms with Crippen molar-refractivity contribution in [3.05, 3.63) is 72.7 Å². The Morgan fingerprint density at radius 3 is 2.65 bits per heavy atom. The first kappa shape index (κ1) is 17.3. The molecule has 7 nitrogen and oxygen atoms in total. The van der Waals surface area contributed by atoms with Crippen LogP contribution < -0.4 is 10.6 Å². The summed E-state index contributed by atoms with van der Waals surface area (Å²) >= 11 is 1.53. The third-order valence-corrected chi connectivity index (χ3v) is 4.32. The van der Waals surface area contributed by atoms with E-state index < -0.39 is 5.91 Å². The number of carbonyl (C=O) groups excluding carboxylic acids is 1. The summed E-state index contributed by atoms with van der Waals surface area (Å²) in [5.74, 6) is -0.175. The Labute approximate surface area is 154 Å². The topological polar surface area (TPSA) is 106 Å². The largest absolute Gasteiger partial charge is 0.330 e. The average Bonchev–Trinajstić information content (AvgIpc) is 3.18. The number of aromatic nitrogens is 3. The number of anilines is 2. The summed E-state index contributed by atoms with van der Waals surface area (Å²) in [7, 11) is 0. The molecular weight excluding hydrogens is 348 g/mol. The number of H-pyrrole nitrogens is 1. The van der Waals surface area contributed by atoms with E-state index in [2.05, 4.69) is 25.8 Å². The van der Waals surface area contributed by atoms with Gasteiger partial charge in [0.05, 0.1) is 5.69 Å². The third kappa shape index (κ3) is 4.49. The van der Waals surface area contributed by atoms with Crippen LogP contribution in [0.4, 0.5) is 11.6 Å². The summed E-state index contributed by atoms with van der Waals surface area (Å²) in [6, 6.07) is 19.1. The van der Waals surface area contributed by atoms with Crippen molar-refractivity contribution in [2.75, 3.05) is 10.6 Å². The summed E-state index contributed by atoms with van der Waals surface area (Å²) in [6.45, 7) is 0. The molecule has 2 aromatic carbocycles. The highest BCUT2D eigenvalue weighted by molar-refractivity contribution is 7.99. The zero-order chi connectivity index (χ0) is 18.2. The fourth-order valence-electron chi connectivity index (χ4n) is 2.03. The first-order valence-electron chi connectivity index (χ1n) is 7.61. The molecule has 0 atom stereocenters. The third-order valence-electron chi connectivity index (χ3n) is 3.24. The Hall–Kier alpha value is -3.57. The van der Waals surface area contributed by atoms with Crippen LogP contribution in [0.5, 0.6) is 0 Å². The van der Waals surface area contributed by atoms with Crippen molar-refractivity contribution in [3.63, 3.8) is 0 Å². The van der Waals surface area contributed by atoms with Crippen molar-refractivity contribution >= 4 is 29.3 Å². The molecule has 0 saturated heterocycles. The fourth-order valence-corrected chi connectivity index (χ4v) is 2.95. The van der Waals surface area contributed by atoms with Crippen LogP contribution in [-0.4, -0.2) is 21.1 Å². The molecule has 1 amide bonds. The number of rotatable bonds is 6. The van der Waals surface area contributed by atoms with Crippen molar-refractivity contribution in [3.8, 4) is 6.07 Å². The maximum atomic E-state index is 12.4. The lowest BCUT2D eigenvalue weighted by Crippen LogP contribution is -2.15. The number of hydrogen-bond donors (Lipinski definition) is 3. The number of carbonyl (C=O) groups is 1. The summed E-state index contributed by atoms with van der Waals surface area (Å²) in [5, 5.41) is 21.0. The molecule has 0 fully saturated rings. The SMILES string of the molecule is N#C/C(=C/Nc1ncn[nH]1)C(=O)Nc1ccccc1Sc1ccccc1. The van der Waals surface area contributed by atoms with Gasteiger partial charge in [0.2, 0.25) is 5.95 Å². The van der Waals surface area contributed by atoms with E-state index in [0.29, 0.717) is 11.6 Å². The smallest absolute Gasteiger partial charge is 0.267 e. The lowest BCUT2D eigenvalue weighted by molar-refractivity contribution is -0.112. The highest BCUT2D eigenvalue weighted by atomic mass is 32.2. The van der Waals surface area contributed by atoms with Gasteiger partial charge < -0.3 is 10.6 Å². The Morgan fingerprint density at radius 1 is 1.15 bits per heavy atom. The van der Waals surface area contributed by atoms with Gasteiger partial charge in [0.1, 0.15) is 18.0 Å². The van der Waals surface area contributed by atoms with Crippen LogP contribution in [0.25, 0.3) is 0 Å². The minimum absolute atomic E-state index is 0.0825. The molecule has 1 aromatic heterocycles. The molecule has 8 heteroatoms. The van der Waals surface area contributed by atoms with Gasteiger partial charge in [0, 0.05) is 16.0 Å². The highest BCUT2D eigenvalue weighted by Gasteiger charge is 2.12. The van der Waals surface area contributed by atoms with E-state index in [1.807, 2.05) is 54.6 Å². The van der Waals surface area contributed by atoms with Gasteiger partial charge in [0.15, 0.2) is 0 Å². The first-order valence-corrected chi connectivity index (χ1v) is 8.43. The Morgan fingerprint density at radius 2 is 1.92 bits per heavy atom. The molecular formula is C18H14N6OS. The molecule has 0 radical (unpaired) electrons. The van der Waals surface area contributed by atoms with E-state index in [1.165, 1.54) is 24.3 Å². The van der Waals surface area contributed by atoms with Crippen LogP contribution in [-0.2, 0) is 4.79 Å². The van der Waals surface area contributed by atoms with E-state index >= 15 is 0 Å². The molecule has 0 saturated carbocycles. The van der Waals surface area contributed by atoms with E-state index in [-0.39, 0.29) is 5.57 Å². The Balaban J connectivity index is 1.74. The molecule has 128 valence electrons. The van der Waals surface area contributed by atoms with E-state index in [9.17, 15) is 10.1 Å². The Bertz CT molecular complexity index is 947. The summed E-state index contributed by atoms with van der Waals surface area (Å²) in [4.78, 5) is 18.2. The maximum Gasteiger partial charge on any atom is 0.267 e. The standard InChI is InChI=1S/C18H14N6OS/c19-10-13(11-20-18-21-12-22-24-18)17(25)23-15-8-4-5-9-16(15)26-14-6-2-1-3-7-14/h1-9,11-12H,(H,23,25)(H2,20,21,22,24)/b13-11-. The molecule has 3 N–H and O–H groups in total. The number of nitriles is 1. The highest BCUT2D eigenvalue weighted by Crippen LogP contribution is 2.33. The second-order valence-corrected chi connectivity index (χ2v) is 6.13. The quantitative estimate of drug-likeness (QED) is 0.458. The molecule has 0 bridgehead atoms. The monoisotopic (exact) mass is 362 g/mol. The van der Waals surface area contributed by atoms with Crippen molar-refractivity contribution < 1.29 is 4.79 Å². The second-order valence-electron chi connectivity index (χ2n) is 5.01. The zero-order valence-corrected chi connectivity index (χ0v) is 14.3. The molecule has 1 heterocycles. The predicted octanol–water partition coefficient (Wildman–Crippen LogP) is 3.41. The number of para-hydroxylation sites is 1. The van der Waals surface area contributed by atoms with Crippen LogP contribution in [0, 0.1) is 11.3 Å². The van der Waals surface area contributed by atoms with Gasteiger partial charge in [-0.05, 0) is 24.3 Å². The number of amides is 1. The van der Waals surface area contributed by atoms with Crippen molar-refractivity contribution in [2.24, 2.45) is 0 Å². The van der Waals surface area contributed by atoms with Gasteiger partial charge in [-0.3, -0.25) is 4.79 Å². The van der Waals surface area contributed by atoms with E-state index in [4.69, 9.17) is 0 Å². The van der Waals surface area contributed by atoms with Gasteiger partial charge in [-0.2, -0.15) is 15.3 Å². The van der Waals surface area contributed by atoms with Crippen molar-refractivity contribution in [2.45, 2.75) is 9.79 Å². The normalized spacial score (nSPS) is 10.8. The summed E-state index contributed by atoms with van der Waals surface area (Å²) in [5.41, 5.74) is 0.549. The number of aromatic amines is 1. The van der Waals surface area contributed by atoms with Crippen LogP contribution in [0.2, 0.25) is 0 Å². The van der Waals surface area contributed by atoms with Crippen molar-refractivity contribution in [1.82, 2.24) is 15.2 Å². The number of benzene rings is 2. The summed E-state index contributed by atoms with van der Waals surface area (Å²) in [6.07, 6.45) is 2.60. The molecule has 26 heavy (non-hydrogen) atoms. The predicted molar refractivity (Wildman–Crippen MR) is 99.3 cm³/mol. The molecule has 0 aliphatic carbocycles. The van der Waals surface area contributed by atoms with Gasteiger partial charge in [-0.1, -0.05) is 42.1 Å². The molecule has 0 spiro atoms. The Kier molecular flexibility index (Phi) is 5.65. The minimum atomic E-state index is -0.513. The zero-order valence-electron chi connectivity index (χ0n) is 13.5. The van der Waals surface area contributed by atoms with Crippen molar-refractivity contribution in [1.29, 1.82) is 5.26 Å². The van der Waals surface area contributed by atoms with Gasteiger partial charge in [0.25, 0.3) is 5.91 Å². The van der Waals surface area contributed by atoms with Crippen LogP contribution >= 0.6 is 11.8 Å². The van der Waals surface area contributed by atoms with Gasteiger partial charge in [-0.25, -0.2) is 5.10 Å². The molecule has 0 aliphatic heterocycles. The fraction of sp³-hybridized carbons (Fsp3) is 0. The lowest BCUT2D eigenvalue weighted by Gasteiger charge is -2.10. The number of nitrogens with zero attached hydrogens (tertiary/aromatic N) is 3. The molecule has 0 aliphatic rings. The van der Waals surface area contributed by atoms with Gasteiger partial charge in [-0.15, -0.1) is 0 Å². The van der Waals surface area contributed by atoms with Gasteiger partial charge >= 0.3 is 0 Å². The number of hydrogen-bond acceptors (Lipinski definition) is 6. The first-order chi connectivity index (χ1) is 12.8. The van der Waals surface area contributed by atoms with E-state index in [1.54, 1.807) is 6.07 Å². The minimum Gasteiger partial charge on any atom is -0.330 e. The lowest BCUT2D eigenvalue weighted by atomic mass is 10.2. The number of nitrogens with one attached hydrogen (secondary N) is 3. The summed E-state index contributed by atoms with van der Waals surface area (Å²) < 4.78 is 0.